The number of amides is 1. The Hall–Kier alpha value is -3.67. The number of carbonyl (C=O) groups is 1. The highest BCUT2D eigenvalue weighted by atomic mass is 16.5. The lowest BCUT2D eigenvalue weighted by atomic mass is 10.2. The highest BCUT2D eigenvalue weighted by Crippen LogP contribution is 2.24. The van der Waals surface area contributed by atoms with Gasteiger partial charge in [-0.15, -0.1) is 0 Å². The molecule has 0 atom stereocenters. The Kier molecular flexibility index (Phi) is 6.26. The van der Waals surface area contributed by atoms with Crippen LogP contribution in [0, 0.1) is 0 Å². The van der Waals surface area contributed by atoms with Crippen molar-refractivity contribution in [3.8, 4) is 11.5 Å². The largest absolute Gasteiger partial charge is 0.497 e. The summed E-state index contributed by atoms with van der Waals surface area (Å²) in [5.74, 6) is 1.47. The Bertz CT molecular complexity index is 994. The van der Waals surface area contributed by atoms with Gasteiger partial charge in [0.25, 0.3) is 5.91 Å². The van der Waals surface area contributed by atoms with Crippen molar-refractivity contribution in [1.82, 2.24) is 0 Å². The number of nitrogens with one attached hydrogen (secondary N) is 1. The van der Waals surface area contributed by atoms with E-state index in [-0.39, 0.29) is 5.91 Å². The Morgan fingerprint density at radius 2 is 1.10 bits per heavy atom. The summed E-state index contributed by atoms with van der Waals surface area (Å²) in [6.45, 7) is 3.82. The number of piperazine rings is 1. The quantitative estimate of drug-likeness (QED) is 0.649. The predicted octanol–water partition coefficient (Wildman–Crippen LogP) is 4.28. The summed E-state index contributed by atoms with van der Waals surface area (Å²) in [4.78, 5) is 17.2. The zero-order valence-corrected chi connectivity index (χ0v) is 17.9. The molecular weight excluding hydrogens is 390 g/mol. The van der Waals surface area contributed by atoms with E-state index in [1.54, 1.807) is 38.5 Å². The maximum absolute atomic E-state index is 12.4. The molecule has 0 aromatic heterocycles. The molecule has 0 saturated carbocycles. The van der Waals surface area contributed by atoms with Crippen LogP contribution < -0.4 is 24.6 Å². The predicted molar refractivity (Wildman–Crippen MR) is 125 cm³/mol. The summed E-state index contributed by atoms with van der Waals surface area (Å²) in [5.41, 5.74) is 3.76. The van der Waals surface area contributed by atoms with Crippen LogP contribution in [-0.4, -0.2) is 46.3 Å². The minimum Gasteiger partial charge on any atom is -0.497 e. The van der Waals surface area contributed by atoms with E-state index in [1.807, 2.05) is 24.3 Å². The molecule has 4 rings (SSSR count). The highest BCUT2D eigenvalue weighted by Gasteiger charge is 2.18. The number of carbonyl (C=O) groups excluding carboxylic acids is 1. The molecule has 0 radical (unpaired) electrons. The summed E-state index contributed by atoms with van der Waals surface area (Å²) in [6.07, 6.45) is 0. The minimum absolute atomic E-state index is 0.136. The van der Waals surface area contributed by atoms with Crippen LogP contribution in [0.3, 0.4) is 0 Å². The van der Waals surface area contributed by atoms with E-state index in [0.29, 0.717) is 5.56 Å². The second-order valence-corrected chi connectivity index (χ2v) is 7.40. The number of methoxy groups -OCH3 is 2. The van der Waals surface area contributed by atoms with Gasteiger partial charge in [0.05, 0.1) is 14.2 Å². The van der Waals surface area contributed by atoms with Gasteiger partial charge in [-0.05, 0) is 72.8 Å². The van der Waals surface area contributed by atoms with Crippen LogP contribution in [0.5, 0.6) is 11.5 Å². The molecule has 1 saturated heterocycles. The smallest absolute Gasteiger partial charge is 0.255 e. The second kappa shape index (κ2) is 9.43. The van der Waals surface area contributed by atoms with Crippen molar-refractivity contribution >= 4 is 23.0 Å². The van der Waals surface area contributed by atoms with Gasteiger partial charge in [0.15, 0.2) is 0 Å². The summed E-state index contributed by atoms with van der Waals surface area (Å²) in [7, 11) is 3.29. The van der Waals surface area contributed by atoms with Crippen LogP contribution in [0.15, 0.2) is 72.8 Å². The molecule has 1 N–H and O–H groups in total. The van der Waals surface area contributed by atoms with E-state index in [4.69, 9.17) is 9.47 Å². The Labute approximate surface area is 183 Å². The third kappa shape index (κ3) is 4.91. The molecule has 1 aliphatic rings. The van der Waals surface area contributed by atoms with Crippen LogP contribution in [0.1, 0.15) is 10.4 Å². The fourth-order valence-corrected chi connectivity index (χ4v) is 3.72. The molecule has 0 bridgehead atoms. The fourth-order valence-electron chi connectivity index (χ4n) is 3.72. The molecule has 0 unspecified atom stereocenters. The van der Waals surface area contributed by atoms with Gasteiger partial charge in [-0.2, -0.15) is 0 Å². The minimum atomic E-state index is -0.136. The van der Waals surface area contributed by atoms with Crippen LogP contribution in [0.25, 0.3) is 0 Å². The zero-order valence-electron chi connectivity index (χ0n) is 17.9. The van der Waals surface area contributed by atoms with Gasteiger partial charge >= 0.3 is 0 Å². The number of rotatable bonds is 6. The van der Waals surface area contributed by atoms with E-state index < -0.39 is 0 Å². The maximum Gasteiger partial charge on any atom is 0.255 e. The van der Waals surface area contributed by atoms with Gasteiger partial charge in [0.2, 0.25) is 0 Å². The topological polar surface area (TPSA) is 54.0 Å². The van der Waals surface area contributed by atoms with Gasteiger partial charge in [-0.3, -0.25) is 4.79 Å². The van der Waals surface area contributed by atoms with Gasteiger partial charge < -0.3 is 24.6 Å². The number of hydrogen-bond donors (Lipinski definition) is 1. The molecular formula is C25H27N3O3. The van der Waals surface area contributed by atoms with Gasteiger partial charge in [0.1, 0.15) is 11.5 Å². The summed E-state index contributed by atoms with van der Waals surface area (Å²) in [6, 6.07) is 23.3. The SMILES string of the molecule is COc1ccc(C(=O)Nc2ccc(N3CCN(c4ccc(OC)cc4)CC3)cc2)cc1. The number of nitrogens with zero attached hydrogens (tertiary/aromatic N) is 2. The van der Waals surface area contributed by atoms with E-state index in [1.165, 1.54) is 5.69 Å². The van der Waals surface area contributed by atoms with Crippen molar-refractivity contribution in [3.63, 3.8) is 0 Å². The number of benzene rings is 3. The molecule has 1 fully saturated rings. The molecule has 0 spiro atoms. The first-order chi connectivity index (χ1) is 15.2. The van der Waals surface area contributed by atoms with E-state index in [0.717, 1.165) is 49.1 Å². The third-order valence-corrected chi connectivity index (χ3v) is 5.56. The van der Waals surface area contributed by atoms with Crippen molar-refractivity contribution in [2.75, 3.05) is 55.5 Å². The Morgan fingerprint density at radius 3 is 1.55 bits per heavy atom. The Balaban J connectivity index is 1.32. The Morgan fingerprint density at radius 1 is 0.677 bits per heavy atom. The van der Waals surface area contributed by atoms with Crippen molar-refractivity contribution < 1.29 is 14.3 Å². The molecule has 6 nitrogen and oxygen atoms in total. The zero-order chi connectivity index (χ0) is 21.6. The number of ether oxygens (including phenoxy) is 2. The molecule has 31 heavy (non-hydrogen) atoms. The van der Waals surface area contributed by atoms with Crippen LogP contribution >= 0.6 is 0 Å². The van der Waals surface area contributed by atoms with Gasteiger partial charge in [-0.25, -0.2) is 0 Å². The first-order valence-corrected chi connectivity index (χ1v) is 10.4. The number of anilines is 3. The molecule has 160 valence electrons. The average Bonchev–Trinajstić information content (AvgIpc) is 2.85. The number of hydrogen-bond acceptors (Lipinski definition) is 5. The lowest BCUT2D eigenvalue weighted by Crippen LogP contribution is -2.46. The van der Waals surface area contributed by atoms with Crippen LogP contribution in [0.2, 0.25) is 0 Å². The van der Waals surface area contributed by atoms with E-state index in [2.05, 4.69) is 39.4 Å². The summed E-state index contributed by atoms with van der Waals surface area (Å²) in [5, 5.41) is 2.95. The molecule has 3 aromatic carbocycles. The van der Waals surface area contributed by atoms with Crippen LogP contribution in [-0.2, 0) is 0 Å². The molecule has 1 heterocycles. The first-order valence-electron chi connectivity index (χ1n) is 10.4. The molecule has 0 aliphatic carbocycles. The van der Waals surface area contributed by atoms with Crippen molar-refractivity contribution in [1.29, 1.82) is 0 Å². The fraction of sp³-hybridized carbons (Fsp3) is 0.240. The molecule has 1 aliphatic heterocycles. The van der Waals surface area contributed by atoms with Gasteiger partial charge in [-0.1, -0.05) is 0 Å². The highest BCUT2D eigenvalue weighted by molar-refractivity contribution is 6.04. The van der Waals surface area contributed by atoms with Gasteiger partial charge in [0, 0.05) is 48.8 Å². The van der Waals surface area contributed by atoms with Crippen LogP contribution in [0.4, 0.5) is 17.1 Å². The standard InChI is InChI=1S/C25H27N3O3/c1-30-23-11-3-19(4-12-23)25(29)26-20-5-7-21(8-6-20)27-15-17-28(18-16-27)22-9-13-24(31-2)14-10-22/h3-14H,15-18H2,1-2H3,(H,26,29). The lowest BCUT2D eigenvalue weighted by molar-refractivity contribution is 0.102. The van der Waals surface area contributed by atoms with Crippen molar-refractivity contribution in [2.45, 2.75) is 0 Å². The summed E-state index contributed by atoms with van der Waals surface area (Å²) < 4.78 is 10.4. The van der Waals surface area contributed by atoms with Crippen molar-refractivity contribution in [2.24, 2.45) is 0 Å². The molecule has 3 aromatic rings. The first kappa shape index (κ1) is 20.6. The lowest BCUT2D eigenvalue weighted by Gasteiger charge is -2.37. The average molecular weight is 418 g/mol. The third-order valence-electron chi connectivity index (χ3n) is 5.56. The maximum atomic E-state index is 12.4. The molecule has 6 heteroatoms. The normalized spacial score (nSPS) is 13.6. The second-order valence-electron chi connectivity index (χ2n) is 7.40. The monoisotopic (exact) mass is 417 g/mol. The van der Waals surface area contributed by atoms with Crippen molar-refractivity contribution in [3.05, 3.63) is 78.4 Å². The summed E-state index contributed by atoms with van der Waals surface area (Å²) >= 11 is 0. The molecule has 1 amide bonds. The van der Waals surface area contributed by atoms with E-state index in [9.17, 15) is 4.79 Å². The van der Waals surface area contributed by atoms with E-state index >= 15 is 0 Å².